The molecule has 4 heterocycles. The first-order valence-corrected chi connectivity index (χ1v) is 17.2. The van der Waals surface area contributed by atoms with Crippen molar-refractivity contribution in [2.24, 2.45) is 0 Å². The summed E-state index contributed by atoms with van der Waals surface area (Å²) < 4.78 is 89.5. The third-order valence-electron chi connectivity index (χ3n) is 9.12. The van der Waals surface area contributed by atoms with Gasteiger partial charge >= 0.3 is 12.4 Å². The number of piperidine rings is 1. The van der Waals surface area contributed by atoms with Crippen molar-refractivity contribution in [1.82, 2.24) is 14.8 Å². The standard InChI is InChI=1S/C34H34ClF6N3O5S/c1-2-5-27-32(49-25-16-28(50-19-25)34(39,40)41,11-4-13-43(27)30(47)29-26(33(36,37)38)6-3-12-42-29)31(48)44-17-20-7-8-22(35)14-21(20)15-23(44)9-10-24(46)18-45/h3,6-8,12,14,16,19,23,27,45H,2,4-5,9-11,13,15,17-18H2,1H3/t23-,27+,32-/m0/s1. The Labute approximate surface area is 293 Å². The highest BCUT2D eigenvalue weighted by Gasteiger charge is 2.57. The van der Waals surface area contributed by atoms with Crippen LogP contribution in [-0.2, 0) is 34.9 Å². The first kappa shape index (κ1) is 37.6. The van der Waals surface area contributed by atoms with Crippen LogP contribution in [0, 0.1) is 0 Å². The van der Waals surface area contributed by atoms with Crippen molar-refractivity contribution >= 4 is 40.5 Å². The van der Waals surface area contributed by atoms with Gasteiger partial charge in [0, 0.05) is 54.6 Å². The summed E-state index contributed by atoms with van der Waals surface area (Å²) in [5, 5.41) is 10.9. The first-order chi connectivity index (χ1) is 23.6. The third kappa shape index (κ3) is 7.79. The molecule has 1 aromatic carbocycles. The van der Waals surface area contributed by atoms with Crippen molar-refractivity contribution in [3.63, 3.8) is 0 Å². The molecule has 1 N–H and O–H groups in total. The smallest absolute Gasteiger partial charge is 0.425 e. The number of aliphatic hydroxyl groups excluding tert-OH is 1. The summed E-state index contributed by atoms with van der Waals surface area (Å²) in [6, 6.07) is 5.78. The van der Waals surface area contributed by atoms with E-state index < -0.39 is 70.4 Å². The second kappa shape index (κ2) is 14.9. The van der Waals surface area contributed by atoms with E-state index in [4.69, 9.17) is 16.3 Å². The molecule has 0 bridgehead atoms. The summed E-state index contributed by atoms with van der Waals surface area (Å²) in [5.41, 5.74) is -2.65. The van der Waals surface area contributed by atoms with Gasteiger partial charge in [-0.15, -0.1) is 11.3 Å². The molecule has 50 heavy (non-hydrogen) atoms. The molecule has 3 aromatic rings. The van der Waals surface area contributed by atoms with Gasteiger partial charge in [0.1, 0.15) is 22.9 Å². The van der Waals surface area contributed by atoms with Crippen LogP contribution < -0.4 is 4.74 Å². The number of amides is 2. The number of carbonyl (C=O) groups excluding carboxylic acids is 3. The summed E-state index contributed by atoms with van der Waals surface area (Å²) in [5.74, 6) is -2.53. The van der Waals surface area contributed by atoms with E-state index in [2.05, 4.69) is 4.98 Å². The average molecular weight is 746 g/mol. The molecule has 3 atom stereocenters. The molecule has 0 radical (unpaired) electrons. The Hall–Kier alpha value is -3.69. The highest BCUT2D eigenvalue weighted by atomic mass is 35.5. The molecule has 16 heteroatoms. The molecule has 8 nitrogen and oxygen atoms in total. The molecular formula is C34H34ClF6N3O5S. The maximum Gasteiger partial charge on any atom is 0.425 e. The number of ether oxygens (including phenoxy) is 1. The van der Waals surface area contributed by atoms with Crippen molar-refractivity contribution in [3.8, 4) is 5.75 Å². The van der Waals surface area contributed by atoms with Crippen LogP contribution in [0.2, 0.25) is 5.02 Å². The fraction of sp³-hybridized carbons (Fsp3) is 0.471. The van der Waals surface area contributed by atoms with Crippen LogP contribution in [0.25, 0.3) is 0 Å². The zero-order valence-electron chi connectivity index (χ0n) is 26.8. The lowest BCUT2D eigenvalue weighted by molar-refractivity contribution is -0.163. The van der Waals surface area contributed by atoms with E-state index >= 15 is 4.79 Å². The van der Waals surface area contributed by atoms with Crippen LogP contribution in [-0.4, -0.2) is 68.3 Å². The number of benzene rings is 1. The zero-order chi connectivity index (χ0) is 36.4. The summed E-state index contributed by atoms with van der Waals surface area (Å²) in [4.78, 5) is 46.8. The number of halogens is 7. The molecule has 2 amide bonds. The normalized spacial score (nSPS) is 21.1. The molecule has 2 aromatic heterocycles. The molecule has 0 saturated carbocycles. The van der Waals surface area contributed by atoms with Gasteiger partial charge in [-0.2, -0.15) is 26.3 Å². The van der Waals surface area contributed by atoms with E-state index in [-0.39, 0.29) is 57.4 Å². The number of thiophene rings is 1. The third-order valence-corrected chi connectivity index (χ3v) is 10.3. The number of aliphatic hydroxyl groups is 1. The topological polar surface area (TPSA) is 100 Å². The predicted octanol–water partition coefficient (Wildman–Crippen LogP) is 7.35. The number of aromatic nitrogens is 1. The van der Waals surface area contributed by atoms with E-state index in [1.807, 2.05) is 0 Å². The molecule has 2 aliphatic heterocycles. The van der Waals surface area contributed by atoms with Crippen LogP contribution in [0.5, 0.6) is 5.75 Å². The van der Waals surface area contributed by atoms with Crippen LogP contribution in [0.4, 0.5) is 26.3 Å². The molecule has 1 fully saturated rings. The van der Waals surface area contributed by atoms with Crippen molar-refractivity contribution in [3.05, 3.63) is 80.3 Å². The maximum absolute atomic E-state index is 15.2. The molecule has 0 aliphatic carbocycles. The van der Waals surface area contributed by atoms with E-state index in [1.54, 1.807) is 25.1 Å². The van der Waals surface area contributed by atoms with Crippen LogP contribution in [0.15, 0.2) is 48.0 Å². The number of hydrogen-bond donors (Lipinski definition) is 1. The van der Waals surface area contributed by atoms with E-state index in [0.717, 1.165) is 45.8 Å². The van der Waals surface area contributed by atoms with Crippen molar-refractivity contribution in [2.45, 2.75) is 88.5 Å². The van der Waals surface area contributed by atoms with Crippen LogP contribution in [0.1, 0.15) is 77.5 Å². The van der Waals surface area contributed by atoms with Gasteiger partial charge in [-0.25, -0.2) is 0 Å². The van der Waals surface area contributed by atoms with Crippen molar-refractivity contribution in [1.29, 1.82) is 0 Å². The Morgan fingerprint density at radius 1 is 1.06 bits per heavy atom. The molecule has 0 spiro atoms. The van der Waals surface area contributed by atoms with Crippen molar-refractivity contribution in [2.75, 3.05) is 13.2 Å². The lowest BCUT2D eigenvalue weighted by atomic mass is 9.78. The van der Waals surface area contributed by atoms with Gasteiger partial charge in [0.25, 0.3) is 11.8 Å². The number of nitrogens with zero attached hydrogens (tertiary/aromatic N) is 3. The highest BCUT2D eigenvalue weighted by Crippen LogP contribution is 2.44. The Balaban J connectivity index is 1.64. The minimum Gasteiger partial charge on any atom is -0.474 e. The molecule has 2 aliphatic rings. The molecule has 270 valence electrons. The van der Waals surface area contributed by atoms with Gasteiger partial charge in [-0.3, -0.25) is 19.4 Å². The number of rotatable bonds is 10. The van der Waals surface area contributed by atoms with Crippen molar-refractivity contribution < 1.29 is 50.6 Å². The Kier molecular flexibility index (Phi) is 11.2. The lowest BCUT2D eigenvalue weighted by Gasteiger charge is -2.51. The molecule has 0 unspecified atom stereocenters. The number of pyridine rings is 1. The number of fused-ring (bicyclic) bond motifs is 1. The second-order valence-corrected chi connectivity index (χ2v) is 13.7. The molecular weight excluding hydrogens is 712 g/mol. The monoisotopic (exact) mass is 745 g/mol. The fourth-order valence-electron chi connectivity index (χ4n) is 6.84. The van der Waals surface area contributed by atoms with E-state index in [9.17, 15) is 41.0 Å². The van der Waals surface area contributed by atoms with E-state index in [1.165, 1.54) is 4.90 Å². The van der Waals surface area contributed by atoms with Crippen LogP contribution >= 0.6 is 22.9 Å². The minimum atomic E-state index is -4.92. The van der Waals surface area contributed by atoms with Crippen LogP contribution in [0.3, 0.4) is 0 Å². The van der Waals surface area contributed by atoms with Gasteiger partial charge in [0.15, 0.2) is 5.78 Å². The van der Waals surface area contributed by atoms with Gasteiger partial charge in [0.2, 0.25) is 5.60 Å². The number of hydrogen-bond acceptors (Lipinski definition) is 7. The number of carbonyl (C=O) groups is 3. The average Bonchev–Trinajstić information content (AvgIpc) is 3.55. The van der Waals surface area contributed by atoms with Gasteiger partial charge < -0.3 is 19.6 Å². The Morgan fingerprint density at radius 3 is 2.48 bits per heavy atom. The second-order valence-electron chi connectivity index (χ2n) is 12.4. The largest absolute Gasteiger partial charge is 0.474 e. The van der Waals surface area contributed by atoms with E-state index in [0.29, 0.717) is 22.8 Å². The molecule has 1 saturated heterocycles. The Morgan fingerprint density at radius 2 is 1.82 bits per heavy atom. The van der Waals surface area contributed by atoms with Gasteiger partial charge in [0.05, 0.1) is 11.6 Å². The summed E-state index contributed by atoms with van der Waals surface area (Å²) in [7, 11) is 0. The summed E-state index contributed by atoms with van der Waals surface area (Å²) >= 11 is 6.61. The number of ketones is 1. The highest BCUT2D eigenvalue weighted by molar-refractivity contribution is 7.10. The molecule has 5 rings (SSSR count). The van der Waals surface area contributed by atoms with Gasteiger partial charge in [-0.05, 0) is 61.1 Å². The zero-order valence-corrected chi connectivity index (χ0v) is 28.4. The lowest BCUT2D eigenvalue weighted by Crippen LogP contribution is -2.69. The SMILES string of the molecule is CCC[C@H]1N(C(=O)c2ncccc2C(F)(F)F)CCC[C@@]1(Oc1csc(C(F)(F)F)c1)C(=O)N1Cc2ccc(Cl)cc2C[C@@H]1CCC(=O)CO. The quantitative estimate of drug-likeness (QED) is 0.218. The number of likely N-dealkylation sites (tertiary alicyclic amines) is 1. The predicted molar refractivity (Wildman–Crippen MR) is 172 cm³/mol. The Bertz CT molecular complexity index is 1730. The van der Waals surface area contributed by atoms with Gasteiger partial charge in [-0.1, -0.05) is 31.0 Å². The minimum absolute atomic E-state index is 0.00286. The first-order valence-electron chi connectivity index (χ1n) is 16.0. The summed E-state index contributed by atoms with van der Waals surface area (Å²) in [6.45, 7) is 0.962. The summed E-state index contributed by atoms with van der Waals surface area (Å²) in [6.07, 6.45) is -7.93. The number of alkyl halides is 6. The number of Topliss-reactive ketones (excluding diaryl/α,β-unsaturated/α-hetero) is 1. The maximum atomic E-state index is 15.2. The fourth-order valence-corrected chi connectivity index (χ4v) is 7.71.